The zero-order chi connectivity index (χ0) is 30.5. The van der Waals surface area contributed by atoms with Crippen LogP contribution in [0.15, 0.2) is 54.6 Å². The molecule has 8 heteroatoms. The Kier molecular flexibility index (Phi) is 8.20. The van der Waals surface area contributed by atoms with Gasteiger partial charge in [-0.2, -0.15) is 0 Å². The monoisotopic (exact) mass is 593 g/mol. The van der Waals surface area contributed by atoms with Crippen molar-refractivity contribution in [1.82, 2.24) is 9.80 Å². The highest BCUT2D eigenvalue weighted by Crippen LogP contribution is 2.65. The van der Waals surface area contributed by atoms with Gasteiger partial charge in [0.25, 0.3) is 0 Å². The number of rotatable bonds is 8. The van der Waals surface area contributed by atoms with Crippen LogP contribution in [0.1, 0.15) is 67.2 Å². The summed E-state index contributed by atoms with van der Waals surface area (Å²) in [5.74, 6) is -1.45. The lowest BCUT2D eigenvalue weighted by atomic mass is 9.74. The van der Waals surface area contributed by atoms with E-state index in [0.717, 1.165) is 18.5 Å². The number of likely N-dealkylation sites (tertiary alicyclic amines) is 1. The van der Waals surface area contributed by atoms with Crippen LogP contribution < -0.4 is 4.90 Å². The van der Waals surface area contributed by atoms with Crippen LogP contribution in [0.4, 0.5) is 5.69 Å². The summed E-state index contributed by atoms with van der Waals surface area (Å²) in [6.45, 7) is 14.3. The van der Waals surface area contributed by atoms with Gasteiger partial charge in [-0.05, 0) is 64.0 Å². The lowest BCUT2D eigenvalue weighted by Gasteiger charge is -2.44. The van der Waals surface area contributed by atoms with Crippen LogP contribution >= 0.6 is 11.8 Å². The molecule has 4 heterocycles. The molecule has 0 saturated carbocycles. The van der Waals surface area contributed by atoms with Gasteiger partial charge in [-0.1, -0.05) is 63.3 Å². The Morgan fingerprint density at radius 2 is 1.57 bits per heavy atom. The molecule has 228 valence electrons. The van der Waals surface area contributed by atoms with E-state index in [1.165, 1.54) is 0 Å². The van der Waals surface area contributed by atoms with Crippen molar-refractivity contribution in [2.75, 3.05) is 31.1 Å². The zero-order valence-corrected chi connectivity index (χ0v) is 26.8. The van der Waals surface area contributed by atoms with Crippen molar-refractivity contribution in [3.8, 4) is 0 Å². The Morgan fingerprint density at radius 1 is 0.881 bits per heavy atom. The predicted molar refractivity (Wildman–Crippen MR) is 169 cm³/mol. The number of aliphatic hydroxyl groups excluding tert-OH is 1. The summed E-state index contributed by atoms with van der Waals surface area (Å²) < 4.78 is -1.49. The first kappa shape index (κ1) is 30.9. The third-order valence-corrected chi connectivity index (χ3v) is 11.2. The Labute approximate surface area is 255 Å². The lowest BCUT2D eigenvalue weighted by Crippen LogP contribution is -2.58. The molecule has 5 atom stereocenters. The Hall–Kier alpha value is -2.58. The molecule has 1 spiro atoms. The molecule has 1 aromatic rings. The van der Waals surface area contributed by atoms with Crippen LogP contribution in [-0.2, 0) is 14.4 Å². The van der Waals surface area contributed by atoms with Crippen LogP contribution in [0.25, 0.3) is 0 Å². The van der Waals surface area contributed by atoms with Crippen LogP contribution in [0.5, 0.6) is 0 Å². The molecule has 0 aromatic heterocycles. The van der Waals surface area contributed by atoms with Gasteiger partial charge in [0.05, 0.1) is 16.6 Å². The van der Waals surface area contributed by atoms with Crippen LogP contribution in [0.3, 0.4) is 0 Å². The van der Waals surface area contributed by atoms with Gasteiger partial charge in [0.15, 0.2) is 0 Å². The maximum absolute atomic E-state index is 14.8. The number of hydrogen-bond acceptors (Lipinski definition) is 5. The second-order valence-electron chi connectivity index (χ2n) is 14.4. The fraction of sp³-hybridized carbons (Fsp3) is 0.618. The van der Waals surface area contributed by atoms with Crippen molar-refractivity contribution in [3.05, 3.63) is 54.6 Å². The lowest BCUT2D eigenvalue weighted by molar-refractivity contribution is -0.146. The van der Waals surface area contributed by atoms with Crippen molar-refractivity contribution in [2.45, 2.75) is 88.3 Å². The third kappa shape index (κ3) is 5.23. The molecule has 2 saturated heterocycles. The van der Waals surface area contributed by atoms with E-state index in [0.29, 0.717) is 32.5 Å². The number of benzene rings is 1. The standard InChI is InChI=1S/C34H47N3O4S/c1-31(2,3)23-32(4,5)37-21-14-18-34-26(29(40)36(27(34)30(37)41)19-11-8-12-22-38)25-28(39)35(24-15-9-7-10-16-24)20-13-17-33(25,6)42-34/h7,9-10,13-18,25-27,38H,8,11-12,19-23H2,1-6H3/t25-,26+,27?,33+,34+/m1/s1. The van der Waals surface area contributed by atoms with E-state index < -0.39 is 32.9 Å². The van der Waals surface area contributed by atoms with Gasteiger partial charge < -0.3 is 19.8 Å². The third-order valence-electron chi connectivity index (χ3n) is 9.38. The van der Waals surface area contributed by atoms with E-state index >= 15 is 0 Å². The zero-order valence-electron chi connectivity index (χ0n) is 26.0. The first-order chi connectivity index (χ1) is 19.8. The molecule has 4 aliphatic heterocycles. The number of nitrogens with zero attached hydrogens (tertiary/aromatic N) is 3. The molecule has 0 bridgehead atoms. The Morgan fingerprint density at radius 3 is 2.24 bits per heavy atom. The summed E-state index contributed by atoms with van der Waals surface area (Å²) in [4.78, 5) is 49.5. The second kappa shape index (κ2) is 11.2. The SMILES string of the molecule is CC(C)(C)CC(C)(C)N1CC=C[C@]23S[C@@]4(C)C=CCN(c5ccccc5)C(=O)[C@H]4[C@H]2C(=O)N(CCCCCO)C3C1=O. The first-order valence-corrected chi connectivity index (χ1v) is 16.2. The second-order valence-corrected chi connectivity index (χ2v) is 16.2. The number of anilines is 1. The van der Waals surface area contributed by atoms with Crippen molar-refractivity contribution in [3.63, 3.8) is 0 Å². The minimum Gasteiger partial charge on any atom is -0.396 e. The van der Waals surface area contributed by atoms with E-state index in [9.17, 15) is 19.5 Å². The minimum atomic E-state index is -0.850. The fourth-order valence-electron chi connectivity index (χ4n) is 8.11. The Bertz CT molecular complexity index is 1270. The summed E-state index contributed by atoms with van der Waals surface area (Å²) in [6.07, 6.45) is 11.3. The molecule has 0 aliphatic carbocycles. The number of hydrogen-bond donors (Lipinski definition) is 1. The van der Waals surface area contributed by atoms with E-state index in [-0.39, 0.29) is 29.7 Å². The number of para-hydroxylation sites is 1. The number of fused-ring (bicyclic) bond motifs is 2. The minimum absolute atomic E-state index is 0.0103. The molecular formula is C34H47N3O4S. The normalized spacial score (nSPS) is 31.3. The van der Waals surface area contributed by atoms with E-state index in [4.69, 9.17) is 0 Å². The highest BCUT2D eigenvalue weighted by Gasteiger charge is 2.74. The average molecular weight is 594 g/mol. The number of carbonyl (C=O) groups excluding carboxylic acids is 3. The van der Waals surface area contributed by atoms with E-state index in [1.807, 2.05) is 41.3 Å². The van der Waals surface area contributed by atoms with Crippen molar-refractivity contribution in [2.24, 2.45) is 17.3 Å². The molecule has 1 aromatic carbocycles. The highest BCUT2D eigenvalue weighted by molar-refractivity contribution is 8.02. The molecule has 3 amide bonds. The van der Waals surface area contributed by atoms with Gasteiger partial charge in [-0.15, -0.1) is 11.8 Å². The van der Waals surface area contributed by atoms with Gasteiger partial charge in [-0.25, -0.2) is 0 Å². The smallest absolute Gasteiger partial charge is 0.247 e. The van der Waals surface area contributed by atoms with Crippen molar-refractivity contribution < 1.29 is 19.5 Å². The molecule has 5 rings (SSSR count). The average Bonchev–Trinajstić information content (AvgIpc) is 3.16. The summed E-state index contributed by atoms with van der Waals surface area (Å²) in [5.41, 5.74) is 0.399. The molecular weight excluding hydrogens is 546 g/mol. The van der Waals surface area contributed by atoms with E-state index in [1.54, 1.807) is 21.6 Å². The largest absolute Gasteiger partial charge is 0.396 e. The molecule has 0 radical (unpaired) electrons. The van der Waals surface area contributed by atoms with Crippen LogP contribution in [-0.4, -0.2) is 79.9 Å². The fourth-order valence-corrected chi connectivity index (χ4v) is 10.3. The molecule has 42 heavy (non-hydrogen) atoms. The number of amides is 3. The summed E-state index contributed by atoms with van der Waals surface area (Å²) in [6, 6.07) is 8.95. The van der Waals surface area contributed by atoms with Gasteiger partial charge in [0, 0.05) is 42.2 Å². The van der Waals surface area contributed by atoms with Gasteiger partial charge in [0.1, 0.15) is 6.04 Å². The topological polar surface area (TPSA) is 81.2 Å². The van der Waals surface area contributed by atoms with Crippen molar-refractivity contribution in [1.29, 1.82) is 0 Å². The number of unbranched alkanes of at least 4 members (excludes halogenated alkanes) is 2. The van der Waals surface area contributed by atoms with Crippen LogP contribution in [0.2, 0.25) is 0 Å². The summed E-state index contributed by atoms with van der Waals surface area (Å²) >= 11 is 1.64. The van der Waals surface area contributed by atoms with Gasteiger partial charge in [-0.3, -0.25) is 14.4 Å². The Balaban J connectivity index is 1.59. The number of thioether (sulfide) groups is 1. The summed E-state index contributed by atoms with van der Waals surface area (Å²) in [7, 11) is 0. The molecule has 7 nitrogen and oxygen atoms in total. The summed E-state index contributed by atoms with van der Waals surface area (Å²) in [5, 5.41) is 9.35. The molecule has 4 aliphatic rings. The van der Waals surface area contributed by atoms with E-state index in [2.05, 4.69) is 59.8 Å². The maximum Gasteiger partial charge on any atom is 0.247 e. The molecule has 1 unspecified atom stereocenters. The maximum atomic E-state index is 14.8. The number of aliphatic hydroxyl groups is 1. The van der Waals surface area contributed by atoms with Crippen molar-refractivity contribution >= 4 is 35.2 Å². The molecule has 2 fully saturated rings. The van der Waals surface area contributed by atoms with Crippen LogP contribution in [0, 0.1) is 17.3 Å². The van der Waals surface area contributed by atoms with Gasteiger partial charge >= 0.3 is 0 Å². The quantitative estimate of drug-likeness (QED) is 0.337. The predicted octanol–water partition coefficient (Wildman–Crippen LogP) is 5.05. The first-order valence-electron chi connectivity index (χ1n) is 15.4. The highest BCUT2D eigenvalue weighted by atomic mass is 32.2. The molecule has 1 N–H and O–H groups in total. The number of carbonyl (C=O) groups is 3. The van der Waals surface area contributed by atoms with Gasteiger partial charge in [0.2, 0.25) is 17.7 Å².